The molecule has 2 nitrogen and oxygen atoms in total. The molecule has 0 amide bonds. The highest BCUT2D eigenvalue weighted by Crippen LogP contribution is 2.30. The molecule has 0 saturated carbocycles. The highest BCUT2D eigenvalue weighted by molar-refractivity contribution is 7.80. The van der Waals surface area contributed by atoms with Gasteiger partial charge in [-0.25, -0.2) is 0 Å². The lowest BCUT2D eigenvalue weighted by Gasteiger charge is -2.09. The summed E-state index contributed by atoms with van der Waals surface area (Å²) >= 11 is 4.22. The van der Waals surface area contributed by atoms with Crippen molar-refractivity contribution in [3.05, 3.63) is 54.1 Å². The van der Waals surface area contributed by atoms with Gasteiger partial charge < -0.3 is 4.74 Å². The molecule has 98 valence electrons. The Bertz CT molecular complexity index is 561. The number of aryl methyl sites for hydroxylation is 1. The van der Waals surface area contributed by atoms with E-state index in [0.29, 0.717) is 5.75 Å². The molecule has 0 fully saturated rings. The second-order valence-electron chi connectivity index (χ2n) is 4.26. The third-order valence-corrected chi connectivity index (χ3v) is 3.03. The van der Waals surface area contributed by atoms with Crippen molar-refractivity contribution in [3.8, 4) is 16.9 Å². The van der Waals surface area contributed by atoms with Gasteiger partial charge in [-0.15, -0.1) is 0 Å². The van der Waals surface area contributed by atoms with Crippen LogP contribution in [0.2, 0.25) is 0 Å². The molecule has 2 aromatic rings. The van der Waals surface area contributed by atoms with Gasteiger partial charge in [-0.3, -0.25) is 4.79 Å². The number of carbonyl (C=O) groups excluding carboxylic acids is 1. The highest BCUT2D eigenvalue weighted by atomic mass is 32.1. The molecular formula is C16H16O2S. The molecule has 0 unspecified atom stereocenters. The molecule has 2 rings (SSSR count). The first kappa shape index (κ1) is 13.7. The van der Waals surface area contributed by atoms with Crippen molar-refractivity contribution >= 4 is 18.6 Å². The summed E-state index contributed by atoms with van der Waals surface area (Å²) in [7, 11) is 0. The average molecular weight is 272 g/mol. The summed E-state index contributed by atoms with van der Waals surface area (Å²) in [6.45, 7) is 1.41. The second kappa shape index (κ2) is 6.43. The van der Waals surface area contributed by atoms with Crippen LogP contribution >= 0.6 is 12.6 Å². The van der Waals surface area contributed by atoms with Crippen LogP contribution in [-0.2, 0) is 11.2 Å². The average Bonchev–Trinajstić information content (AvgIpc) is 2.40. The third kappa shape index (κ3) is 3.61. The highest BCUT2D eigenvalue weighted by Gasteiger charge is 2.07. The van der Waals surface area contributed by atoms with Crippen LogP contribution in [-0.4, -0.2) is 11.7 Å². The fourth-order valence-electron chi connectivity index (χ4n) is 1.93. The number of hydrogen-bond acceptors (Lipinski definition) is 3. The van der Waals surface area contributed by atoms with Crippen molar-refractivity contribution in [2.75, 3.05) is 5.75 Å². The third-order valence-electron chi connectivity index (χ3n) is 2.81. The number of carbonyl (C=O) groups is 1. The summed E-state index contributed by atoms with van der Waals surface area (Å²) in [5, 5.41) is 0. The molecule has 0 aromatic heterocycles. The molecule has 0 spiro atoms. The zero-order chi connectivity index (χ0) is 13.7. The molecule has 0 aliphatic heterocycles. The minimum Gasteiger partial charge on any atom is -0.426 e. The first-order chi connectivity index (χ1) is 9.20. The van der Waals surface area contributed by atoms with Gasteiger partial charge in [-0.1, -0.05) is 42.5 Å². The zero-order valence-corrected chi connectivity index (χ0v) is 11.7. The van der Waals surface area contributed by atoms with Crippen molar-refractivity contribution in [3.63, 3.8) is 0 Å². The number of esters is 1. The van der Waals surface area contributed by atoms with Crippen molar-refractivity contribution in [1.82, 2.24) is 0 Å². The van der Waals surface area contributed by atoms with Crippen molar-refractivity contribution < 1.29 is 9.53 Å². The fraction of sp³-hybridized carbons (Fsp3) is 0.188. The van der Waals surface area contributed by atoms with Crippen LogP contribution < -0.4 is 4.74 Å². The summed E-state index contributed by atoms with van der Waals surface area (Å²) < 4.78 is 5.23. The maximum absolute atomic E-state index is 11.1. The Balaban J connectivity index is 2.32. The molecule has 0 atom stereocenters. The number of hydrogen-bond donors (Lipinski definition) is 1. The number of para-hydroxylation sites is 1. The lowest BCUT2D eigenvalue weighted by molar-refractivity contribution is -0.131. The van der Waals surface area contributed by atoms with Gasteiger partial charge in [-0.05, 0) is 29.4 Å². The fourth-order valence-corrected chi connectivity index (χ4v) is 2.19. The zero-order valence-electron chi connectivity index (χ0n) is 10.8. The van der Waals surface area contributed by atoms with Gasteiger partial charge in [0, 0.05) is 12.5 Å². The van der Waals surface area contributed by atoms with E-state index in [9.17, 15) is 4.79 Å². The first-order valence-corrected chi connectivity index (χ1v) is 6.81. The van der Waals surface area contributed by atoms with E-state index < -0.39 is 0 Å². The van der Waals surface area contributed by atoms with Crippen LogP contribution in [0.15, 0.2) is 48.5 Å². The van der Waals surface area contributed by atoms with Gasteiger partial charge in [0.05, 0.1) is 0 Å². The molecule has 0 heterocycles. The smallest absolute Gasteiger partial charge is 0.308 e. The predicted octanol–water partition coefficient (Wildman–Crippen LogP) is 3.75. The second-order valence-corrected chi connectivity index (χ2v) is 4.71. The summed E-state index contributed by atoms with van der Waals surface area (Å²) in [4.78, 5) is 11.1. The molecule has 0 bridgehead atoms. The molecule has 0 radical (unpaired) electrons. The van der Waals surface area contributed by atoms with Gasteiger partial charge >= 0.3 is 5.97 Å². The maximum Gasteiger partial charge on any atom is 0.308 e. The summed E-state index contributed by atoms with van der Waals surface area (Å²) in [5.74, 6) is 1.12. The van der Waals surface area contributed by atoms with Crippen LogP contribution in [0.1, 0.15) is 12.5 Å². The molecule has 19 heavy (non-hydrogen) atoms. The van der Waals surface area contributed by atoms with Crippen molar-refractivity contribution in [1.29, 1.82) is 0 Å². The molecule has 0 N–H and O–H groups in total. The van der Waals surface area contributed by atoms with E-state index in [-0.39, 0.29) is 5.97 Å². The number of benzene rings is 2. The Morgan fingerprint density at radius 2 is 1.79 bits per heavy atom. The van der Waals surface area contributed by atoms with E-state index in [2.05, 4.69) is 24.8 Å². The lowest BCUT2D eigenvalue weighted by atomic mass is 10.0. The summed E-state index contributed by atoms with van der Waals surface area (Å²) in [5.41, 5.74) is 3.22. The molecule has 2 aromatic carbocycles. The van der Waals surface area contributed by atoms with Crippen LogP contribution in [0.25, 0.3) is 11.1 Å². The van der Waals surface area contributed by atoms with Gasteiger partial charge in [0.15, 0.2) is 0 Å². The van der Waals surface area contributed by atoms with E-state index in [4.69, 9.17) is 4.74 Å². The largest absolute Gasteiger partial charge is 0.426 e. The lowest BCUT2D eigenvalue weighted by Crippen LogP contribution is -2.02. The van der Waals surface area contributed by atoms with Gasteiger partial charge in [-0.2, -0.15) is 12.6 Å². The first-order valence-electron chi connectivity index (χ1n) is 6.18. The maximum atomic E-state index is 11.1. The van der Waals surface area contributed by atoms with Gasteiger partial charge in [0.25, 0.3) is 0 Å². The number of thiol groups is 1. The topological polar surface area (TPSA) is 26.3 Å². The van der Waals surface area contributed by atoms with Gasteiger partial charge in [0.2, 0.25) is 0 Å². The molecule has 3 heteroatoms. The van der Waals surface area contributed by atoms with Crippen molar-refractivity contribution in [2.24, 2.45) is 0 Å². The van der Waals surface area contributed by atoms with Gasteiger partial charge in [0.1, 0.15) is 5.75 Å². The normalized spacial score (nSPS) is 10.2. The monoisotopic (exact) mass is 272 g/mol. The van der Waals surface area contributed by atoms with Crippen LogP contribution in [0, 0.1) is 0 Å². The minimum absolute atomic E-state index is 0.306. The van der Waals surface area contributed by atoms with E-state index in [0.717, 1.165) is 23.3 Å². The van der Waals surface area contributed by atoms with Crippen molar-refractivity contribution in [2.45, 2.75) is 13.3 Å². The van der Waals surface area contributed by atoms with E-state index in [1.165, 1.54) is 12.5 Å². The Kier molecular flexibility index (Phi) is 4.63. The van der Waals surface area contributed by atoms with E-state index in [1.807, 2.05) is 30.3 Å². The minimum atomic E-state index is -0.306. The van der Waals surface area contributed by atoms with Crippen LogP contribution in [0.5, 0.6) is 5.75 Å². The number of ether oxygens (including phenoxy) is 1. The summed E-state index contributed by atoms with van der Waals surface area (Å²) in [6, 6.07) is 15.8. The Hall–Kier alpha value is -1.74. The molecular weight excluding hydrogens is 256 g/mol. The van der Waals surface area contributed by atoms with Crippen LogP contribution in [0.4, 0.5) is 0 Å². The standard InChI is InChI=1S/C16H16O2S/c1-12(17)18-16-5-3-2-4-15(16)14-8-6-13(7-9-14)10-11-19/h2-9,19H,10-11H2,1H3. The quantitative estimate of drug-likeness (QED) is 0.521. The molecule has 0 aliphatic carbocycles. The SMILES string of the molecule is CC(=O)Oc1ccccc1-c1ccc(CCS)cc1. The molecule has 0 aliphatic rings. The summed E-state index contributed by atoms with van der Waals surface area (Å²) in [6.07, 6.45) is 0.953. The van der Waals surface area contributed by atoms with E-state index >= 15 is 0 Å². The Morgan fingerprint density at radius 1 is 1.11 bits per heavy atom. The predicted molar refractivity (Wildman–Crippen MR) is 80.7 cm³/mol. The number of rotatable bonds is 4. The Labute approximate surface area is 118 Å². The van der Waals surface area contributed by atoms with E-state index in [1.54, 1.807) is 6.07 Å². The Morgan fingerprint density at radius 3 is 2.42 bits per heavy atom. The van der Waals surface area contributed by atoms with Crippen LogP contribution in [0.3, 0.4) is 0 Å². The molecule has 0 saturated heterocycles.